The van der Waals surface area contributed by atoms with Crippen LogP contribution in [0.1, 0.15) is 18.9 Å². The van der Waals surface area contributed by atoms with E-state index in [-0.39, 0.29) is 0 Å². The first-order valence-corrected chi connectivity index (χ1v) is 9.51. The number of nitrogens with one attached hydrogen (secondary N) is 2. The van der Waals surface area contributed by atoms with Crippen molar-refractivity contribution in [3.05, 3.63) is 78.4 Å². The lowest BCUT2D eigenvalue weighted by atomic mass is 10.1. The van der Waals surface area contributed by atoms with Gasteiger partial charge in [0.1, 0.15) is 10.7 Å². The molecular formula is C23H24N2OS. The quantitative estimate of drug-likeness (QED) is 0.414. The van der Waals surface area contributed by atoms with Crippen LogP contribution in [-0.4, -0.2) is 18.6 Å². The molecule has 0 saturated heterocycles. The lowest BCUT2D eigenvalue weighted by molar-refractivity contribution is 0.415. The zero-order chi connectivity index (χ0) is 19.1. The Morgan fingerprint density at radius 2 is 1.74 bits per heavy atom. The summed E-state index contributed by atoms with van der Waals surface area (Å²) in [5.41, 5.74) is 3.09. The van der Waals surface area contributed by atoms with Gasteiger partial charge >= 0.3 is 0 Å². The van der Waals surface area contributed by atoms with Gasteiger partial charge in [-0.2, -0.15) is 0 Å². The number of hydrogen-bond acceptors (Lipinski definition) is 3. The van der Waals surface area contributed by atoms with Gasteiger partial charge in [-0.1, -0.05) is 55.5 Å². The summed E-state index contributed by atoms with van der Waals surface area (Å²) < 4.78 is 5.25. The summed E-state index contributed by atoms with van der Waals surface area (Å²) in [6.45, 7) is 3.03. The molecule has 2 N–H and O–H groups in total. The van der Waals surface area contributed by atoms with E-state index in [0.717, 1.165) is 41.0 Å². The van der Waals surface area contributed by atoms with E-state index in [1.807, 2.05) is 48.5 Å². The van der Waals surface area contributed by atoms with Gasteiger partial charge < -0.3 is 15.4 Å². The summed E-state index contributed by atoms with van der Waals surface area (Å²) in [5, 5.41) is 9.19. The lowest BCUT2D eigenvalue weighted by Crippen LogP contribution is -2.16. The molecule has 0 unspecified atom stereocenters. The molecule has 0 bridgehead atoms. The molecule has 3 aromatic carbocycles. The maximum atomic E-state index is 5.62. The van der Waals surface area contributed by atoms with Gasteiger partial charge in [-0.25, -0.2) is 0 Å². The lowest BCUT2D eigenvalue weighted by Gasteiger charge is -2.13. The van der Waals surface area contributed by atoms with E-state index in [4.69, 9.17) is 17.0 Å². The molecule has 3 rings (SSSR count). The molecule has 0 aromatic heterocycles. The third kappa shape index (κ3) is 4.86. The minimum atomic E-state index is 0.667. The average Bonchev–Trinajstić information content (AvgIpc) is 2.71. The van der Waals surface area contributed by atoms with Crippen LogP contribution in [0.25, 0.3) is 16.5 Å². The molecule has 138 valence electrons. The number of hydrogen-bond donors (Lipinski definition) is 2. The van der Waals surface area contributed by atoms with E-state index in [2.05, 4.69) is 41.8 Å². The highest BCUT2D eigenvalue weighted by molar-refractivity contribution is 7.81. The highest BCUT2D eigenvalue weighted by Gasteiger charge is 2.05. The molecule has 27 heavy (non-hydrogen) atoms. The Morgan fingerprint density at radius 3 is 2.48 bits per heavy atom. The molecule has 0 fully saturated rings. The molecule has 0 aliphatic carbocycles. The van der Waals surface area contributed by atoms with Gasteiger partial charge in [-0.15, -0.1) is 0 Å². The van der Waals surface area contributed by atoms with Gasteiger partial charge in [0, 0.05) is 23.3 Å². The maximum Gasteiger partial charge on any atom is 0.118 e. The minimum absolute atomic E-state index is 0.667. The summed E-state index contributed by atoms with van der Waals surface area (Å²) in [6.07, 6.45) is 3.02. The van der Waals surface area contributed by atoms with Gasteiger partial charge in [-0.05, 0) is 53.8 Å². The number of thiocarbonyl (C=S) groups is 1. The van der Waals surface area contributed by atoms with Crippen LogP contribution >= 0.6 is 12.2 Å². The first-order valence-electron chi connectivity index (χ1n) is 9.10. The molecule has 4 heteroatoms. The van der Waals surface area contributed by atoms with E-state index in [9.17, 15) is 0 Å². The minimum Gasteiger partial charge on any atom is -0.497 e. The molecule has 0 aliphatic heterocycles. The standard InChI is InChI=1S/C23H24N2OS/c1-3-15-24-22(18-11-13-19(26-2)14-12-18)16-23(27)25-21-10-6-8-17-7-4-5-9-20(17)21/h4-14,16,24H,3,15H2,1-2H3,(H,25,27)/b22-16+. The van der Waals surface area contributed by atoms with Crippen LogP contribution in [0.15, 0.2) is 72.8 Å². The number of rotatable bonds is 7. The summed E-state index contributed by atoms with van der Waals surface area (Å²) in [7, 11) is 1.67. The monoisotopic (exact) mass is 376 g/mol. The van der Waals surface area contributed by atoms with Crippen LogP contribution in [0, 0.1) is 0 Å². The molecule has 0 heterocycles. The van der Waals surface area contributed by atoms with Crippen LogP contribution in [0.4, 0.5) is 5.69 Å². The van der Waals surface area contributed by atoms with Crippen LogP contribution in [0.3, 0.4) is 0 Å². The molecule has 3 aromatic rings. The Kier molecular flexibility index (Phi) is 6.44. The summed E-state index contributed by atoms with van der Waals surface area (Å²) in [4.78, 5) is 0.667. The number of benzene rings is 3. The second-order valence-corrected chi connectivity index (χ2v) is 6.67. The Balaban J connectivity index is 1.85. The fourth-order valence-electron chi connectivity index (χ4n) is 2.90. The molecule has 0 amide bonds. The molecule has 0 saturated carbocycles. The summed E-state index contributed by atoms with van der Waals surface area (Å²) in [6, 6.07) is 22.5. The van der Waals surface area contributed by atoms with Crippen molar-refractivity contribution in [1.29, 1.82) is 0 Å². The Bertz CT molecular complexity index is 943. The van der Waals surface area contributed by atoms with Crippen LogP contribution in [-0.2, 0) is 0 Å². The predicted octanol–water partition coefficient (Wildman–Crippen LogP) is 5.63. The molecule has 0 radical (unpaired) electrons. The van der Waals surface area contributed by atoms with Crippen LogP contribution in [0.2, 0.25) is 0 Å². The van der Waals surface area contributed by atoms with Crippen molar-refractivity contribution >= 4 is 39.4 Å². The predicted molar refractivity (Wildman–Crippen MR) is 119 cm³/mol. The van der Waals surface area contributed by atoms with Gasteiger partial charge in [0.2, 0.25) is 0 Å². The van der Waals surface area contributed by atoms with E-state index in [0.29, 0.717) is 4.99 Å². The SMILES string of the molecule is CCCN/C(=C/C(=S)Nc1cccc2ccccc12)c1ccc(OC)cc1. The zero-order valence-electron chi connectivity index (χ0n) is 15.7. The third-order valence-corrected chi connectivity index (χ3v) is 4.51. The fraction of sp³-hybridized carbons (Fsp3) is 0.174. The van der Waals surface area contributed by atoms with Crippen molar-refractivity contribution in [1.82, 2.24) is 5.32 Å². The Morgan fingerprint density at radius 1 is 1.00 bits per heavy atom. The molecule has 0 aliphatic rings. The second-order valence-electron chi connectivity index (χ2n) is 6.23. The largest absolute Gasteiger partial charge is 0.497 e. The maximum absolute atomic E-state index is 5.62. The second kappa shape index (κ2) is 9.19. The van der Waals surface area contributed by atoms with Crippen molar-refractivity contribution in [2.24, 2.45) is 0 Å². The molecule has 3 nitrogen and oxygen atoms in total. The smallest absolute Gasteiger partial charge is 0.118 e. The number of fused-ring (bicyclic) bond motifs is 1. The molecular weight excluding hydrogens is 352 g/mol. The van der Waals surface area contributed by atoms with Gasteiger partial charge in [-0.3, -0.25) is 0 Å². The van der Waals surface area contributed by atoms with Crippen LogP contribution < -0.4 is 15.4 Å². The molecule has 0 spiro atoms. The third-order valence-electron chi connectivity index (χ3n) is 4.29. The summed E-state index contributed by atoms with van der Waals surface area (Å²) >= 11 is 5.62. The van der Waals surface area contributed by atoms with E-state index < -0.39 is 0 Å². The normalized spacial score (nSPS) is 11.3. The van der Waals surface area contributed by atoms with Crippen molar-refractivity contribution in [2.75, 3.05) is 19.0 Å². The van der Waals surface area contributed by atoms with E-state index in [1.54, 1.807) is 7.11 Å². The van der Waals surface area contributed by atoms with Crippen molar-refractivity contribution in [3.63, 3.8) is 0 Å². The highest BCUT2D eigenvalue weighted by atomic mass is 32.1. The fourth-order valence-corrected chi connectivity index (χ4v) is 3.13. The van der Waals surface area contributed by atoms with Gasteiger partial charge in [0.15, 0.2) is 0 Å². The topological polar surface area (TPSA) is 33.3 Å². The highest BCUT2D eigenvalue weighted by Crippen LogP contribution is 2.23. The Hall–Kier alpha value is -2.85. The number of ether oxygens (including phenoxy) is 1. The zero-order valence-corrected chi connectivity index (χ0v) is 16.5. The van der Waals surface area contributed by atoms with E-state index in [1.165, 1.54) is 5.39 Å². The van der Waals surface area contributed by atoms with Gasteiger partial charge in [0.05, 0.1) is 7.11 Å². The van der Waals surface area contributed by atoms with Gasteiger partial charge in [0.25, 0.3) is 0 Å². The van der Waals surface area contributed by atoms with Crippen LogP contribution in [0.5, 0.6) is 5.75 Å². The van der Waals surface area contributed by atoms with Crippen molar-refractivity contribution < 1.29 is 4.74 Å². The van der Waals surface area contributed by atoms with E-state index >= 15 is 0 Å². The Labute approximate surface area is 166 Å². The van der Waals surface area contributed by atoms with Crippen molar-refractivity contribution in [2.45, 2.75) is 13.3 Å². The number of anilines is 1. The average molecular weight is 377 g/mol. The first kappa shape index (κ1) is 18.9. The molecule has 0 atom stereocenters. The van der Waals surface area contributed by atoms with Crippen molar-refractivity contribution in [3.8, 4) is 5.75 Å². The summed E-state index contributed by atoms with van der Waals surface area (Å²) in [5.74, 6) is 0.838. The first-order chi connectivity index (χ1) is 13.2. The number of methoxy groups -OCH3 is 1.